The van der Waals surface area contributed by atoms with Crippen molar-refractivity contribution in [1.82, 2.24) is 6.15 Å². The molecule has 0 heterocycles. The van der Waals surface area contributed by atoms with Gasteiger partial charge in [0.15, 0.2) is 0 Å². The maximum absolute atomic E-state index is 0. The molecule has 0 spiro atoms. The summed E-state index contributed by atoms with van der Waals surface area (Å²) in [6.45, 7) is 0. The van der Waals surface area contributed by atoms with Gasteiger partial charge in [-0.1, -0.05) is 0 Å². The van der Waals surface area contributed by atoms with Crippen LogP contribution in [-0.4, -0.2) is 0 Å². The van der Waals surface area contributed by atoms with Gasteiger partial charge in [0.2, 0.25) is 0 Å². The van der Waals surface area contributed by atoms with Gasteiger partial charge in [-0.05, 0) is 0 Å². The number of rotatable bonds is 0. The maximum atomic E-state index is 0. The Hall–Kier alpha value is 5.74. The van der Waals surface area contributed by atoms with Crippen LogP contribution >= 0.6 is 61.4 Å². The summed E-state index contributed by atoms with van der Waals surface area (Å²) in [5.74, 6) is 0. The molecule has 4 radical (unpaired) electrons. The van der Waals surface area contributed by atoms with Crippen LogP contribution in [0.3, 0.4) is 0 Å². The molecule has 0 amide bonds. The largest absolute Gasteiger partial charge is 1.00 e. The molecular weight excluding hydrogens is 543 g/mol. The first kappa shape index (κ1) is 84.4. The van der Waals surface area contributed by atoms with Crippen LogP contribution in [0.4, 0.5) is 0 Å². The minimum atomic E-state index is 0. The molecule has 56 valence electrons. The molecule has 0 aliphatic heterocycles. The van der Waals surface area contributed by atoms with Crippen molar-refractivity contribution in [3.8, 4) is 0 Å². The van der Waals surface area contributed by atoms with E-state index in [-0.39, 0.29) is 196 Å². The molecule has 9 heteroatoms. The van der Waals surface area contributed by atoms with E-state index in [4.69, 9.17) is 0 Å². The fraction of sp³-hybridized carbons (Fsp3) is 0. The molecule has 0 unspecified atom stereocenters. The first-order valence-corrected chi connectivity index (χ1v) is 0. The molecule has 0 atom stereocenters. The van der Waals surface area contributed by atoms with Crippen molar-refractivity contribution in [3.05, 3.63) is 0 Å². The van der Waals surface area contributed by atoms with Crippen molar-refractivity contribution in [2.45, 2.75) is 0 Å². The molecule has 0 aliphatic rings. The van der Waals surface area contributed by atoms with E-state index in [1.54, 1.807) is 0 Å². The van der Waals surface area contributed by atoms with Crippen molar-refractivity contribution >= 4 is 61.4 Å². The predicted octanol–water partition coefficient (Wildman–Crippen LogP) is -1.14. The van der Waals surface area contributed by atoms with E-state index >= 15 is 0 Å². The van der Waals surface area contributed by atoms with Crippen LogP contribution in [0.5, 0.6) is 0 Å². The molecule has 0 saturated carbocycles. The van der Waals surface area contributed by atoms with Crippen LogP contribution < -0.4 is 57.5 Å². The molecule has 0 aromatic rings. The normalized spacial score (nSPS) is 0. The minimum absolute atomic E-state index is 0. The number of hydrogen-bond acceptors (Lipinski definition) is 1. The van der Waals surface area contributed by atoms with Crippen LogP contribution in [0.15, 0.2) is 0 Å². The molecule has 0 bridgehead atoms. The molecule has 0 saturated heterocycles. The molecule has 9 heavy (non-hydrogen) atoms. The van der Waals surface area contributed by atoms with Crippen LogP contribution in [0.2, 0.25) is 0 Å². The average molecular weight is 554 g/mol. The monoisotopic (exact) mass is 554 g/mol. The van der Waals surface area contributed by atoms with Crippen LogP contribution in [0.1, 0.15) is 2.85 Å². The van der Waals surface area contributed by atoms with Crippen LogP contribution in [0, 0.1) is 0 Å². The van der Waals surface area contributed by atoms with E-state index in [1.165, 1.54) is 0 Å². The summed E-state index contributed by atoms with van der Waals surface area (Å²) < 4.78 is 0. The summed E-state index contributed by atoms with van der Waals surface area (Å²) in [6, 6.07) is 0. The first-order chi connectivity index (χ1) is 0. The molecule has 0 aliphatic carbocycles. The maximum Gasteiger partial charge on any atom is 1.00 e. The van der Waals surface area contributed by atoms with E-state index in [0.29, 0.717) is 0 Å². The average Bonchev–Trinajstić information content (AvgIpc) is 0. The molecular formula is H10I2KNSV4. The third-order valence-electron chi connectivity index (χ3n) is 0. The van der Waals surface area contributed by atoms with Crippen molar-refractivity contribution in [2.24, 2.45) is 0 Å². The third-order valence-corrected chi connectivity index (χ3v) is 0. The molecule has 0 aromatic carbocycles. The van der Waals surface area contributed by atoms with Gasteiger partial charge in [-0.2, -0.15) is 13.5 Å². The molecule has 0 rings (SSSR count). The second-order valence-corrected chi connectivity index (χ2v) is 0. The van der Waals surface area contributed by atoms with E-state index in [1.807, 2.05) is 0 Å². The van der Waals surface area contributed by atoms with Gasteiger partial charge < -0.3 is 7.58 Å². The van der Waals surface area contributed by atoms with E-state index in [2.05, 4.69) is 0 Å². The first-order valence-electron chi connectivity index (χ1n) is 0. The summed E-state index contributed by atoms with van der Waals surface area (Å²) in [6.07, 6.45) is 0. The van der Waals surface area contributed by atoms with Crippen molar-refractivity contribution < 1.29 is 128 Å². The van der Waals surface area contributed by atoms with Gasteiger partial charge in [-0.15, -0.1) is 48.0 Å². The van der Waals surface area contributed by atoms with E-state index in [0.717, 1.165) is 0 Å². The Balaban J connectivity index is 0. The zero-order valence-corrected chi connectivity index (χ0v) is 19.2. The molecule has 0 aromatic heterocycles. The number of halogens is 2. The van der Waals surface area contributed by atoms with Gasteiger partial charge in [0.1, 0.15) is 0 Å². The molecule has 3 N–H and O–H groups in total. The Kier molecular flexibility index (Phi) is 635. The Morgan fingerprint density at radius 1 is 0.778 bits per heavy atom. The van der Waals surface area contributed by atoms with Crippen molar-refractivity contribution in [3.63, 3.8) is 0 Å². The predicted molar refractivity (Wildman–Crippen MR) is 49.5 cm³/mol. The van der Waals surface area contributed by atoms with Crippen LogP contribution in [-0.2, 0) is 74.2 Å². The van der Waals surface area contributed by atoms with Gasteiger partial charge in [0.25, 0.3) is 0 Å². The fourth-order valence-electron chi connectivity index (χ4n) is 0. The smallest absolute Gasteiger partial charge is 1.00 e. The van der Waals surface area contributed by atoms with Crippen LogP contribution in [0.25, 0.3) is 0 Å². The fourth-order valence-corrected chi connectivity index (χ4v) is 0. The topological polar surface area (TPSA) is 35.0 Å². The van der Waals surface area contributed by atoms with Crippen molar-refractivity contribution in [1.29, 1.82) is 0 Å². The van der Waals surface area contributed by atoms with Crippen molar-refractivity contribution in [2.75, 3.05) is 0 Å². The Labute approximate surface area is 191 Å². The molecule has 1 nitrogen and oxygen atoms in total. The summed E-state index contributed by atoms with van der Waals surface area (Å²) >= 11 is 0. The molecule has 0 fully saturated rings. The van der Waals surface area contributed by atoms with E-state index < -0.39 is 0 Å². The summed E-state index contributed by atoms with van der Waals surface area (Å²) in [4.78, 5) is 0. The van der Waals surface area contributed by atoms with Gasteiger partial charge in [-0.3, -0.25) is 0 Å². The Morgan fingerprint density at radius 3 is 0.778 bits per heavy atom. The third kappa shape index (κ3) is 57.5. The van der Waals surface area contributed by atoms with Gasteiger partial charge in [0.05, 0.1) is 0 Å². The summed E-state index contributed by atoms with van der Waals surface area (Å²) in [5.41, 5.74) is 0. The minimum Gasteiger partial charge on any atom is -1.00 e. The zero-order chi connectivity index (χ0) is 0. The standard InChI is InChI=1S/2HI.K.H3N.H2S.4V.H2.H/h2*1H;;1H3;1H2;;;;;1H;/q;;+1;;;;;;;;-1/i;;;;;;;;;1+1;. The second kappa shape index (κ2) is 67.7. The SMILES string of the molecule is I.I.N.S.[2HH].[H-].[K+].[V].[V].[V].[V]. The van der Waals surface area contributed by atoms with Gasteiger partial charge in [-0.25, -0.2) is 0 Å². The summed E-state index contributed by atoms with van der Waals surface area (Å²) in [5, 5.41) is 0. The van der Waals surface area contributed by atoms with Gasteiger partial charge >= 0.3 is 51.4 Å². The van der Waals surface area contributed by atoms with E-state index in [9.17, 15) is 0 Å². The summed E-state index contributed by atoms with van der Waals surface area (Å²) in [7, 11) is 0. The van der Waals surface area contributed by atoms with Gasteiger partial charge in [0, 0.05) is 75.6 Å². The quantitative estimate of drug-likeness (QED) is 0.299. The zero-order valence-electron chi connectivity index (χ0n) is 5.81. The Morgan fingerprint density at radius 2 is 0.778 bits per heavy atom. The number of hydrogen-bond donors (Lipinski definition) is 1. The second-order valence-electron chi connectivity index (χ2n) is 0. The Bertz CT molecular complexity index is 26.1.